The van der Waals surface area contributed by atoms with Gasteiger partial charge in [-0.1, -0.05) is 44.1 Å². The third-order valence-electron chi connectivity index (χ3n) is 2.87. The first kappa shape index (κ1) is 18.4. The van der Waals surface area contributed by atoms with Gasteiger partial charge < -0.3 is 4.74 Å². The van der Waals surface area contributed by atoms with E-state index in [1.807, 2.05) is 0 Å². The van der Waals surface area contributed by atoms with Crippen molar-refractivity contribution < 1.29 is 4.74 Å². The normalized spacial score (nSPS) is 12.8. The summed E-state index contributed by atoms with van der Waals surface area (Å²) in [4.78, 5) is 0. The molecule has 0 saturated carbocycles. The summed E-state index contributed by atoms with van der Waals surface area (Å²) >= 11 is 0. The summed E-state index contributed by atoms with van der Waals surface area (Å²) in [6.45, 7) is 9.39. The highest BCUT2D eigenvalue weighted by Gasteiger charge is 2.07. The number of rotatable bonds is 11. The topological polar surface area (TPSA) is 9.23 Å². The molecule has 112 valence electrons. The maximum atomic E-state index is 5.66. The Kier molecular flexibility index (Phi) is 12.1. The number of hydrogen-bond acceptors (Lipinski definition) is 1. The van der Waals surface area contributed by atoms with Crippen LogP contribution in [0.15, 0.2) is 24.3 Å². The van der Waals surface area contributed by atoms with Gasteiger partial charge in [-0.05, 0) is 59.3 Å². The van der Waals surface area contributed by atoms with E-state index >= 15 is 0 Å². The van der Waals surface area contributed by atoms with Crippen LogP contribution in [0.2, 0.25) is 0 Å². The Labute approximate surface area is 121 Å². The van der Waals surface area contributed by atoms with Gasteiger partial charge in [-0.25, -0.2) is 0 Å². The average molecular weight is 266 g/mol. The van der Waals surface area contributed by atoms with Crippen LogP contribution in [0.3, 0.4) is 0 Å². The third-order valence-corrected chi connectivity index (χ3v) is 2.87. The van der Waals surface area contributed by atoms with E-state index < -0.39 is 0 Å². The molecular weight excluding hydrogens is 232 g/mol. The Balaban J connectivity index is 3.25. The highest BCUT2D eigenvalue weighted by atomic mass is 16.5. The van der Waals surface area contributed by atoms with Crippen LogP contribution >= 0.6 is 0 Å². The Morgan fingerprint density at radius 2 is 1.26 bits per heavy atom. The number of hydrogen-bond donors (Lipinski definition) is 0. The van der Waals surface area contributed by atoms with Gasteiger partial charge in [0.25, 0.3) is 0 Å². The molecule has 0 unspecified atom stereocenters. The summed E-state index contributed by atoms with van der Waals surface area (Å²) in [6.07, 6.45) is 19.2. The zero-order chi connectivity index (χ0) is 14.4. The molecule has 0 aliphatic heterocycles. The van der Waals surface area contributed by atoms with Crippen LogP contribution in [0.1, 0.15) is 79.1 Å². The lowest BCUT2D eigenvalue weighted by molar-refractivity contribution is -0.000124. The monoisotopic (exact) mass is 266 g/mol. The largest absolute Gasteiger partial charge is 0.376 e. The van der Waals surface area contributed by atoms with Gasteiger partial charge in [0.15, 0.2) is 0 Å². The van der Waals surface area contributed by atoms with Crippen molar-refractivity contribution in [3.8, 4) is 0 Å². The standard InChI is InChI=1S/C18H34O/c1-5-6-7-8-9-10-11-12-13-14-15-16-17-19-18(2,3)4/h9-10,14-15H,5-8,11-13,16-17H2,1-4H3. The minimum atomic E-state index is -0.00356. The molecule has 0 aliphatic rings. The van der Waals surface area contributed by atoms with Crippen molar-refractivity contribution in [1.82, 2.24) is 0 Å². The third kappa shape index (κ3) is 17.4. The molecule has 0 atom stereocenters. The summed E-state index contributed by atoms with van der Waals surface area (Å²) in [5.41, 5.74) is -0.00356. The number of unbranched alkanes of at least 4 members (excludes halogenated alkanes) is 5. The van der Waals surface area contributed by atoms with Gasteiger partial charge in [-0.3, -0.25) is 0 Å². The molecule has 0 heterocycles. The summed E-state index contributed by atoms with van der Waals surface area (Å²) in [5.74, 6) is 0. The average Bonchev–Trinajstić information content (AvgIpc) is 2.34. The van der Waals surface area contributed by atoms with Crippen molar-refractivity contribution in [2.45, 2.75) is 84.7 Å². The van der Waals surface area contributed by atoms with Gasteiger partial charge >= 0.3 is 0 Å². The molecule has 0 rings (SSSR count). The Morgan fingerprint density at radius 1 is 0.737 bits per heavy atom. The molecule has 0 radical (unpaired) electrons. The van der Waals surface area contributed by atoms with E-state index in [9.17, 15) is 0 Å². The summed E-state index contributed by atoms with van der Waals surface area (Å²) in [5, 5.41) is 0. The molecule has 0 aliphatic carbocycles. The van der Waals surface area contributed by atoms with Crippen molar-refractivity contribution in [1.29, 1.82) is 0 Å². The maximum Gasteiger partial charge on any atom is 0.0598 e. The second-order valence-corrected chi connectivity index (χ2v) is 6.12. The number of allylic oxidation sites excluding steroid dienone is 3. The lowest BCUT2D eigenvalue weighted by Crippen LogP contribution is -2.19. The molecule has 0 amide bonds. The zero-order valence-electron chi connectivity index (χ0n) is 13.6. The molecule has 0 saturated heterocycles. The smallest absolute Gasteiger partial charge is 0.0598 e. The maximum absolute atomic E-state index is 5.66. The van der Waals surface area contributed by atoms with Crippen LogP contribution in [0.25, 0.3) is 0 Å². The minimum Gasteiger partial charge on any atom is -0.376 e. The predicted octanol–water partition coefficient (Wildman–Crippen LogP) is 6.05. The first-order chi connectivity index (χ1) is 9.06. The zero-order valence-corrected chi connectivity index (χ0v) is 13.6. The van der Waals surface area contributed by atoms with Crippen molar-refractivity contribution >= 4 is 0 Å². The first-order valence-electron chi connectivity index (χ1n) is 8.00. The molecule has 0 aromatic heterocycles. The molecule has 0 aromatic rings. The van der Waals surface area contributed by atoms with E-state index in [2.05, 4.69) is 52.0 Å². The summed E-state index contributed by atoms with van der Waals surface area (Å²) in [7, 11) is 0. The fourth-order valence-electron chi connectivity index (χ4n) is 1.77. The van der Waals surface area contributed by atoms with Crippen molar-refractivity contribution in [3.63, 3.8) is 0 Å². The van der Waals surface area contributed by atoms with Gasteiger partial charge in [0.05, 0.1) is 12.2 Å². The van der Waals surface area contributed by atoms with E-state index in [0.717, 1.165) is 13.0 Å². The van der Waals surface area contributed by atoms with E-state index in [1.165, 1.54) is 44.9 Å². The SMILES string of the molecule is CCCCCC=CCCCC=CCCOC(C)(C)C. The second-order valence-electron chi connectivity index (χ2n) is 6.12. The molecule has 0 aromatic carbocycles. The van der Waals surface area contributed by atoms with Gasteiger partial charge in [-0.15, -0.1) is 0 Å². The van der Waals surface area contributed by atoms with Crippen LogP contribution in [0, 0.1) is 0 Å². The highest BCUT2D eigenvalue weighted by molar-refractivity contribution is 4.85. The second kappa shape index (κ2) is 12.5. The molecule has 19 heavy (non-hydrogen) atoms. The quantitative estimate of drug-likeness (QED) is 0.326. The predicted molar refractivity (Wildman–Crippen MR) is 86.6 cm³/mol. The highest BCUT2D eigenvalue weighted by Crippen LogP contribution is 2.07. The molecule has 0 spiro atoms. The van der Waals surface area contributed by atoms with E-state index in [-0.39, 0.29) is 5.60 Å². The van der Waals surface area contributed by atoms with Gasteiger partial charge in [0, 0.05) is 0 Å². The van der Waals surface area contributed by atoms with Crippen molar-refractivity contribution in [2.75, 3.05) is 6.61 Å². The van der Waals surface area contributed by atoms with E-state index in [4.69, 9.17) is 4.74 Å². The van der Waals surface area contributed by atoms with Crippen LogP contribution in [-0.2, 0) is 4.74 Å². The van der Waals surface area contributed by atoms with Crippen LogP contribution < -0.4 is 0 Å². The summed E-state index contributed by atoms with van der Waals surface area (Å²) in [6, 6.07) is 0. The van der Waals surface area contributed by atoms with Crippen molar-refractivity contribution in [3.05, 3.63) is 24.3 Å². The first-order valence-corrected chi connectivity index (χ1v) is 8.00. The Bertz CT molecular complexity index is 233. The van der Waals surface area contributed by atoms with Gasteiger partial charge in [0.2, 0.25) is 0 Å². The lowest BCUT2D eigenvalue weighted by atomic mass is 10.1. The van der Waals surface area contributed by atoms with Gasteiger partial charge in [-0.2, -0.15) is 0 Å². The fourth-order valence-corrected chi connectivity index (χ4v) is 1.77. The molecule has 1 heteroatoms. The van der Waals surface area contributed by atoms with E-state index in [0.29, 0.717) is 0 Å². The summed E-state index contributed by atoms with van der Waals surface area (Å²) < 4.78 is 5.66. The Morgan fingerprint density at radius 3 is 1.79 bits per heavy atom. The number of ether oxygens (including phenoxy) is 1. The Hall–Kier alpha value is -0.560. The van der Waals surface area contributed by atoms with Crippen LogP contribution in [0.4, 0.5) is 0 Å². The van der Waals surface area contributed by atoms with Crippen LogP contribution in [0.5, 0.6) is 0 Å². The lowest BCUT2D eigenvalue weighted by Gasteiger charge is -2.18. The fraction of sp³-hybridized carbons (Fsp3) is 0.778. The molecule has 0 fully saturated rings. The molecule has 1 nitrogen and oxygen atoms in total. The van der Waals surface area contributed by atoms with E-state index in [1.54, 1.807) is 0 Å². The molecular formula is C18H34O. The van der Waals surface area contributed by atoms with Crippen LogP contribution in [-0.4, -0.2) is 12.2 Å². The molecule has 0 N–H and O–H groups in total. The van der Waals surface area contributed by atoms with Gasteiger partial charge in [0.1, 0.15) is 0 Å². The molecule has 0 bridgehead atoms. The minimum absolute atomic E-state index is 0.00356. The van der Waals surface area contributed by atoms with Crippen molar-refractivity contribution in [2.24, 2.45) is 0 Å².